The smallest absolute Gasteiger partial charge is 0.161 e. The van der Waals surface area contributed by atoms with Gasteiger partial charge in [0.15, 0.2) is 11.5 Å². The van der Waals surface area contributed by atoms with Crippen LogP contribution in [0.3, 0.4) is 0 Å². The number of benzene rings is 3. The summed E-state index contributed by atoms with van der Waals surface area (Å²) in [6.45, 7) is 6.44. The Morgan fingerprint density at radius 2 is 1.69 bits per heavy atom. The van der Waals surface area contributed by atoms with E-state index >= 15 is 0 Å². The van der Waals surface area contributed by atoms with E-state index in [9.17, 15) is 0 Å². The van der Waals surface area contributed by atoms with Gasteiger partial charge >= 0.3 is 0 Å². The highest BCUT2D eigenvalue weighted by atomic mass is 79.9. The maximum atomic E-state index is 6.01. The standard InChI is InChI=1S/C26H27BrN2O3/c1-2-31-26-17-21(5-12-25(26)32-19-20-3-6-22(27)7-4-20)18-28-23-8-10-24(11-9-23)29-13-15-30-16-14-29/h3-12,17-18H,2,13-16,19H2,1H3. The number of nitrogens with zero attached hydrogens (tertiary/aromatic N) is 2. The molecular weight excluding hydrogens is 468 g/mol. The van der Waals surface area contributed by atoms with Crippen LogP contribution in [0.1, 0.15) is 18.1 Å². The van der Waals surface area contributed by atoms with Gasteiger partial charge in [-0.25, -0.2) is 0 Å². The van der Waals surface area contributed by atoms with Crippen molar-refractivity contribution < 1.29 is 14.2 Å². The average Bonchev–Trinajstić information content (AvgIpc) is 2.84. The molecule has 6 heteroatoms. The lowest BCUT2D eigenvalue weighted by Crippen LogP contribution is -2.36. The van der Waals surface area contributed by atoms with Crippen molar-refractivity contribution in [1.29, 1.82) is 0 Å². The molecule has 5 nitrogen and oxygen atoms in total. The SMILES string of the molecule is CCOc1cc(C=Nc2ccc(N3CCOCC3)cc2)ccc1OCc1ccc(Br)cc1. The number of hydrogen-bond acceptors (Lipinski definition) is 5. The molecule has 1 saturated heterocycles. The molecule has 0 radical (unpaired) electrons. The predicted molar refractivity (Wildman–Crippen MR) is 133 cm³/mol. The highest BCUT2D eigenvalue weighted by Gasteiger charge is 2.11. The molecule has 0 amide bonds. The van der Waals surface area contributed by atoms with Gasteiger partial charge in [0.1, 0.15) is 6.61 Å². The summed E-state index contributed by atoms with van der Waals surface area (Å²) >= 11 is 3.45. The predicted octanol–water partition coefficient (Wildman–Crippen LogP) is 6.01. The lowest BCUT2D eigenvalue weighted by molar-refractivity contribution is 0.122. The minimum absolute atomic E-state index is 0.482. The molecule has 0 bridgehead atoms. The van der Waals surface area contributed by atoms with Crippen LogP contribution in [0.4, 0.5) is 11.4 Å². The molecule has 0 aliphatic carbocycles. The molecule has 3 aromatic rings. The largest absolute Gasteiger partial charge is 0.490 e. The molecule has 3 aromatic carbocycles. The quantitative estimate of drug-likeness (QED) is 0.359. The maximum Gasteiger partial charge on any atom is 0.161 e. The van der Waals surface area contributed by atoms with Gasteiger partial charge in [-0.05, 0) is 72.6 Å². The van der Waals surface area contributed by atoms with E-state index in [4.69, 9.17) is 14.2 Å². The fourth-order valence-corrected chi connectivity index (χ4v) is 3.72. The van der Waals surface area contributed by atoms with Crippen molar-refractivity contribution in [3.05, 3.63) is 82.3 Å². The van der Waals surface area contributed by atoms with E-state index < -0.39 is 0 Å². The molecule has 4 rings (SSSR count). The average molecular weight is 495 g/mol. The number of hydrogen-bond donors (Lipinski definition) is 0. The Morgan fingerprint density at radius 3 is 2.41 bits per heavy atom. The minimum atomic E-state index is 0.482. The second-order valence-electron chi connectivity index (χ2n) is 7.43. The number of ether oxygens (including phenoxy) is 3. The second-order valence-corrected chi connectivity index (χ2v) is 8.34. The topological polar surface area (TPSA) is 43.3 Å². The number of anilines is 1. The van der Waals surface area contributed by atoms with Crippen molar-refractivity contribution in [2.45, 2.75) is 13.5 Å². The van der Waals surface area contributed by atoms with E-state index in [2.05, 4.69) is 38.0 Å². The Bertz CT molecular complexity index is 1030. The molecular formula is C26H27BrN2O3. The van der Waals surface area contributed by atoms with Crippen LogP contribution in [0.5, 0.6) is 11.5 Å². The van der Waals surface area contributed by atoms with Crippen molar-refractivity contribution >= 4 is 33.5 Å². The third-order valence-electron chi connectivity index (χ3n) is 5.16. The molecule has 1 aliphatic rings. The lowest BCUT2D eigenvalue weighted by atomic mass is 10.2. The van der Waals surface area contributed by atoms with Crippen LogP contribution >= 0.6 is 15.9 Å². The fourth-order valence-electron chi connectivity index (χ4n) is 3.45. The normalized spacial score (nSPS) is 14.0. The Balaban J connectivity index is 1.42. The number of rotatable bonds is 8. The van der Waals surface area contributed by atoms with Gasteiger partial charge in [-0.15, -0.1) is 0 Å². The molecule has 0 atom stereocenters. The fraction of sp³-hybridized carbons (Fsp3) is 0.269. The Morgan fingerprint density at radius 1 is 0.938 bits per heavy atom. The van der Waals surface area contributed by atoms with Crippen LogP contribution in [0.25, 0.3) is 0 Å². The van der Waals surface area contributed by atoms with E-state index in [0.717, 1.165) is 59.1 Å². The van der Waals surface area contributed by atoms with Crippen LogP contribution in [0, 0.1) is 0 Å². The summed E-state index contributed by atoms with van der Waals surface area (Å²) in [6, 6.07) is 22.3. The molecule has 1 fully saturated rings. The zero-order chi connectivity index (χ0) is 22.2. The van der Waals surface area contributed by atoms with Gasteiger partial charge < -0.3 is 19.1 Å². The summed E-state index contributed by atoms with van der Waals surface area (Å²) in [7, 11) is 0. The molecule has 0 saturated carbocycles. The Labute approximate surface area is 197 Å². The first kappa shape index (κ1) is 22.4. The van der Waals surface area contributed by atoms with Crippen molar-refractivity contribution in [3.63, 3.8) is 0 Å². The van der Waals surface area contributed by atoms with E-state index in [1.165, 1.54) is 5.69 Å². The van der Waals surface area contributed by atoms with E-state index in [1.54, 1.807) is 0 Å². The number of aliphatic imine (C=N–C) groups is 1. The summed E-state index contributed by atoms with van der Waals surface area (Å²) < 4.78 is 18.3. The first-order valence-electron chi connectivity index (χ1n) is 10.8. The summed E-state index contributed by atoms with van der Waals surface area (Å²) in [5.41, 5.74) is 4.18. The van der Waals surface area contributed by atoms with Gasteiger partial charge in [0.2, 0.25) is 0 Å². The van der Waals surface area contributed by atoms with Gasteiger partial charge in [-0.1, -0.05) is 28.1 Å². The van der Waals surface area contributed by atoms with Crippen molar-refractivity contribution in [2.24, 2.45) is 4.99 Å². The summed E-state index contributed by atoms with van der Waals surface area (Å²) in [6.07, 6.45) is 1.85. The molecule has 0 unspecified atom stereocenters. The molecule has 0 N–H and O–H groups in total. The number of halogens is 1. The van der Waals surface area contributed by atoms with Gasteiger partial charge in [0.05, 0.1) is 25.5 Å². The van der Waals surface area contributed by atoms with Crippen LogP contribution in [-0.2, 0) is 11.3 Å². The van der Waals surface area contributed by atoms with E-state index in [0.29, 0.717) is 13.2 Å². The Hall–Kier alpha value is -2.83. The Kier molecular flexibility index (Phi) is 7.80. The molecule has 32 heavy (non-hydrogen) atoms. The highest BCUT2D eigenvalue weighted by molar-refractivity contribution is 9.10. The van der Waals surface area contributed by atoms with Gasteiger partial charge in [0, 0.05) is 29.5 Å². The second kappa shape index (κ2) is 11.2. The lowest BCUT2D eigenvalue weighted by Gasteiger charge is -2.28. The zero-order valence-electron chi connectivity index (χ0n) is 18.2. The molecule has 0 spiro atoms. The monoisotopic (exact) mass is 494 g/mol. The maximum absolute atomic E-state index is 6.01. The van der Waals surface area contributed by atoms with Gasteiger partial charge in [0.25, 0.3) is 0 Å². The highest BCUT2D eigenvalue weighted by Crippen LogP contribution is 2.29. The third kappa shape index (κ3) is 6.11. The van der Waals surface area contributed by atoms with Crippen LogP contribution in [-0.4, -0.2) is 39.1 Å². The summed E-state index contributed by atoms with van der Waals surface area (Å²) in [5.74, 6) is 1.44. The first-order valence-corrected chi connectivity index (χ1v) is 11.6. The summed E-state index contributed by atoms with van der Waals surface area (Å²) in [5, 5.41) is 0. The summed E-state index contributed by atoms with van der Waals surface area (Å²) in [4.78, 5) is 6.96. The van der Waals surface area contributed by atoms with Crippen molar-refractivity contribution in [3.8, 4) is 11.5 Å². The van der Waals surface area contributed by atoms with Crippen molar-refractivity contribution in [2.75, 3.05) is 37.8 Å². The van der Waals surface area contributed by atoms with Gasteiger partial charge in [-0.3, -0.25) is 4.99 Å². The molecule has 0 aromatic heterocycles. The zero-order valence-corrected chi connectivity index (χ0v) is 19.8. The third-order valence-corrected chi connectivity index (χ3v) is 5.69. The van der Waals surface area contributed by atoms with Crippen LogP contribution in [0.2, 0.25) is 0 Å². The van der Waals surface area contributed by atoms with Crippen LogP contribution < -0.4 is 14.4 Å². The molecule has 1 heterocycles. The molecule has 166 valence electrons. The number of morpholine rings is 1. The van der Waals surface area contributed by atoms with Crippen LogP contribution in [0.15, 0.2) is 76.2 Å². The minimum Gasteiger partial charge on any atom is -0.490 e. The van der Waals surface area contributed by atoms with Gasteiger partial charge in [-0.2, -0.15) is 0 Å². The van der Waals surface area contributed by atoms with E-state index in [-0.39, 0.29) is 0 Å². The van der Waals surface area contributed by atoms with Crippen molar-refractivity contribution in [1.82, 2.24) is 0 Å². The first-order chi connectivity index (χ1) is 15.7. The molecule has 1 aliphatic heterocycles. The van der Waals surface area contributed by atoms with E-state index in [1.807, 2.05) is 67.7 Å².